The summed E-state index contributed by atoms with van der Waals surface area (Å²) in [5.74, 6) is -0.230. The van der Waals surface area contributed by atoms with Crippen molar-refractivity contribution >= 4 is 38.7 Å². The van der Waals surface area contributed by atoms with Gasteiger partial charge >= 0.3 is 0 Å². The van der Waals surface area contributed by atoms with Crippen LogP contribution in [0.5, 0.6) is 0 Å². The number of benzene rings is 2. The maximum atomic E-state index is 13.1. The van der Waals surface area contributed by atoms with Crippen molar-refractivity contribution in [3.8, 4) is 0 Å². The van der Waals surface area contributed by atoms with Crippen LogP contribution in [0.4, 0.5) is 22.7 Å². The molecule has 1 heterocycles. The van der Waals surface area contributed by atoms with Crippen LogP contribution in [-0.4, -0.2) is 28.4 Å². The summed E-state index contributed by atoms with van der Waals surface area (Å²) in [6.45, 7) is 0.468. The SMILES string of the molecule is CNc1ccc(S(=O)(=O)N(C)c2ccccc2)cc1NC(=O)CC[n+]1ccc(N)cc1. The van der Waals surface area contributed by atoms with E-state index in [2.05, 4.69) is 10.6 Å². The number of hydrogen-bond acceptors (Lipinski definition) is 5. The van der Waals surface area contributed by atoms with Gasteiger partial charge in [-0.1, -0.05) is 18.2 Å². The molecule has 0 radical (unpaired) electrons. The molecule has 0 saturated carbocycles. The Morgan fingerprint density at radius 1 is 1.03 bits per heavy atom. The number of carbonyl (C=O) groups is 1. The predicted octanol–water partition coefficient (Wildman–Crippen LogP) is 2.45. The number of rotatable bonds is 8. The smallest absolute Gasteiger partial charge is 0.264 e. The predicted molar refractivity (Wildman–Crippen MR) is 122 cm³/mol. The summed E-state index contributed by atoms with van der Waals surface area (Å²) in [6.07, 6.45) is 3.82. The number of aromatic nitrogens is 1. The van der Waals surface area contributed by atoms with E-state index in [0.29, 0.717) is 29.3 Å². The minimum absolute atomic E-state index is 0.0843. The number of nitrogens with one attached hydrogen (secondary N) is 2. The van der Waals surface area contributed by atoms with Crippen molar-refractivity contribution in [2.45, 2.75) is 17.9 Å². The summed E-state index contributed by atoms with van der Waals surface area (Å²) in [5.41, 5.74) is 7.89. The van der Waals surface area contributed by atoms with Crippen molar-refractivity contribution in [1.29, 1.82) is 0 Å². The van der Waals surface area contributed by atoms with Crippen molar-refractivity contribution in [1.82, 2.24) is 0 Å². The second kappa shape index (κ2) is 9.48. The maximum absolute atomic E-state index is 13.1. The van der Waals surface area contributed by atoms with Crippen LogP contribution < -0.4 is 25.2 Å². The second-order valence-electron chi connectivity index (χ2n) is 6.93. The van der Waals surface area contributed by atoms with E-state index < -0.39 is 10.0 Å². The molecule has 3 rings (SSSR count). The molecular formula is C22H26N5O3S+. The number of amides is 1. The van der Waals surface area contributed by atoms with E-state index in [1.165, 1.54) is 23.5 Å². The first kappa shape index (κ1) is 22.1. The number of anilines is 4. The molecule has 31 heavy (non-hydrogen) atoms. The fourth-order valence-electron chi connectivity index (χ4n) is 3.00. The van der Waals surface area contributed by atoms with E-state index in [1.807, 2.05) is 10.6 Å². The summed E-state index contributed by atoms with van der Waals surface area (Å²) >= 11 is 0. The molecule has 3 aromatic rings. The Morgan fingerprint density at radius 3 is 2.35 bits per heavy atom. The van der Waals surface area contributed by atoms with Crippen LogP contribution in [-0.2, 0) is 21.4 Å². The van der Waals surface area contributed by atoms with E-state index >= 15 is 0 Å². The lowest BCUT2D eigenvalue weighted by molar-refractivity contribution is -0.695. The van der Waals surface area contributed by atoms with Crippen LogP contribution in [0.2, 0.25) is 0 Å². The van der Waals surface area contributed by atoms with E-state index in [0.717, 1.165) is 0 Å². The Labute approximate surface area is 182 Å². The third-order valence-electron chi connectivity index (χ3n) is 4.83. The number of nitrogens with zero attached hydrogens (tertiary/aromatic N) is 2. The van der Waals surface area contributed by atoms with E-state index in [4.69, 9.17) is 5.73 Å². The molecule has 8 nitrogen and oxygen atoms in total. The summed E-state index contributed by atoms with van der Waals surface area (Å²) < 4.78 is 29.2. The highest BCUT2D eigenvalue weighted by atomic mass is 32.2. The lowest BCUT2D eigenvalue weighted by Gasteiger charge is -2.20. The molecule has 0 saturated heterocycles. The molecule has 0 bridgehead atoms. The topological polar surface area (TPSA) is 108 Å². The molecule has 0 spiro atoms. The van der Waals surface area contributed by atoms with Gasteiger partial charge in [-0.15, -0.1) is 0 Å². The molecule has 0 fully saturated rings. The Kier molecular flexibility index (Phi) is 6.76. The van der Waals surface area contributed by atoms with Crippen molar-refractivity contribution < 1.29 is 17.8 Å². The summed E-state index contributed by atoms with van der Waals surface area (Å²) in [4.78, 5) is 12.6. The number of sulfonamides is 1. The Hall–Kier alpha value is -3.59. The van der Waals surface area contributed by atoms with Gasteiger partial charge in [0, 0.05) is 31.9 Å². The third-order valence-corrected chi connectivity index (χ3v) is 6.61. The number of hydrogen-bond donors (Lipinski definition) is 3. The standard InChI is InChI=1S/C22H25N5O3S/c1-24-20-9-8-19(31(29,30)26(2)18-6-4-3-5-7-18)16-21(20)25-22(28)12-15-27-13-10-17(23)11-14-27/h3-11,13-14,16,23-24H,12,15H2,1-2H3,(H,25,28)/p+1. The van der Waals surface area contributed by atoms with Crippen molar-refractivity contribution in [2.24, 2.45) is 0 Å². The number of pyridine rings is 1. The monoisotopic (exact) mass is 440 g/mol. The highest BCUT2D eigenvalue weighted by Gasteiger charge is 2.23. The highest BCUT2D eigenvalue weighted by molar-refractivity contribution is 7.92. The fourth-order valence-corrected chi connectivity index (χ4v) is 4.22. The van der Waals surface area contributed by atoms with E-state index in [9.17, 15) is 13.2 Å². The molecule has 0 atom stereocenters. The van der Waals surface area contributed by atoms with Crippen LogP contribution in [0.15, 0.2) is 78.0 Å². The summed E-state index contributed by atoms with van der Waals surface area (Å²) in [5, 5.41) is 5.79. The molecule has 0 aliphatic carbocycles. The first-order chi connectivity index (χ1) is 14.8. The van der Waals surface area contributed by atoms with Gasteiger partial charge < -0.3 is 16.4 Å². The minimum atomic E-state index is -3.80. The molecular weight excluding hydrogens is 414 g/mol. The fraction of sp³-hybridized carbons (Fsp3) is 0.182. The van der Waals surface area contributed by atoms with Gasteiger partial charge in [0.2, 0.25) is 5.91 Å². The van der Waals surface area contributed by atoms with Crippen molar-refractivity contribution in [3.05, 3.63) is 73.1 Å². The minimum Gasteiger partial charge on any atom is -0.398 e. The van der Waals surface area contributed by atoms with Gasteiger partial charge in [0.05, 0.1) is 28.4 Å². The van der Waals surface area contributed by atoms with Gasteiger partial charge in [-0.3, -0.25) is 9.10 Å². The zero-order valence-corrected chi connectivity index (χ0v) is 18.3. The van der Waals surface area contributed by atoms with Gasteiger partial charge in [0.25, 0.3) is 10.0 Å². The zero-order valence-electron chi connectivity index (χ0n) is 17.4. The number of aryl methyl sites for hydroxylation is 1. The Morgan fingerprint density at radius 2 is 1.71 bits per heavy atom. The van der Waals surface area contributed by atoms with Gasteiger partial charge in [-0.25, -0.2) is 13.0 Å². The summed E-state index contributed by atoms with van der Waals surface area (Å²) in [6, 6.07) is 16.9. The Balaban J connectivity index is 1.78. The van der Waals surface area contributed by atoms with Crippen molar-refractivity contribution in [2.75, 3.05) is 34.8 Å². The first-order valence-corrected chi connectivity index (χ1v) is 11.2. The number of carbonyl (C=O) groups excluding carboxylic acids is 1. The van der Waals surface area contributed by atoms with Crippen LogP contribution in [0, 0.1) is 0 Å². The molecule has 2 aromatic carbocycles. The average molecular weight is 441 g/mol. The second-order valence-corrected chi connectivity index (χ2v) is 8.90. The molecule has 1 amide bonds. The van der Waals surface area contributed by atoms with Crippen LogP contribution in [0.1, 0.15) is 6.42 Å². The largest absolute Gasteiger partial charge is 0.398 e. The molecule has 0 aliphatic rings. The average Bonchev–Trinajstić information content (AvgIpc) is 2.78. The molecule has 0 unspecified atom stereocenters. The maximum Gasteiger partial charge on any atom is 0.264 e. The van der Waals surface area contributed by atoms with Gasteiger partial charge in [0.1, 0.15) is 0 Å². The van der Waals surface area contributed by atoms with E-state index in [1.54, 1.807) is 61.9 Å². The molecule has 4 N–H and O–H groups in total. The molecule has 9 heteroatoms. The quantitative estimate of drug-likeness (QED) is 0.466. The van der Waals surface area contributed by atoms with Crippen LogP contribution in [0.3, 0.4) is 0 Å². The highest BCUT2D eigenvalue weighted by Crippen LogP contribution is 2.28. The van der Waals surface area contributed by atoms with Crippen LogP contribution >= 0.6 is 0 Å². The number of nitrogens with two attached hydrogens (primary N) is 1. The summed E-state index contributed by atoms with van der Waals surface area (Å²) in [7, 11) is -0.590. The van der Waals surface area contributed by atoms with Crippen LogP contribution in [0.25, 0.3) is 0 Å². The lowest BCUT2D eigenvalue weighted by Crippen LogP contribution is -2.34. The normalized spacial score (nSPS) is 11.0. The van der Waals surface area contributed by atoms with Crippen molar-refractivity contribution in [3.63, 3.8) is 0 Å². The number of nitrogen functional groups attached to an aromatic ring is 1. The van der Waals surface area contributed by atoms with Gasteiger partial charge in [-0.2, -0.15) is 0 Å². The van der Waals surface area contributed by atoms with E-state index in [-0.39, 0.29) is 17.2 Å². The first-order valence-electron chi connectivity index (χ1n) is 9.71. The molecule has 0 aliphatic heterocycles. The lowest BCUT2D eigenvalue weighted by atomic mass is 10.2. The molecule has 162 valence electrons. The Bertz CT molecular complexity index is 1150. The molecule has 1 aromatic heterocycles. The van der Waals surface area contributed by atoms with Gasteiger partial charge in [-0.05, 0) is 30.3 Å². The van der Waals surface area contributed by atoms with Gasteiger partial charge in [0.15, 0.2) is 18.9 Å². The number of para-hydroxylation sites is 1. The third kappa shape index (κ3) is 5.32. The zero-order chi connectivity index (χ0) is 22.4.